The Morgan fingerprint density at radius 3 is 2.38 bits per heavy atom. The van der Waals surface area contributed by atoms with Crippen molar-refractivity contribution in [2.24, 2.45) is 0 Å². The summed E-state index contributed by atoms with van der Waals surface area (Å²) in [4.78, 5) is 39.2. The lowest BCUT2D eigenvalue weighted by Gasteiger charge is -2.08. The average molecular weight is 404 g/mol. The molecular formula is C21H25FN2O5. The van der Waals surface area contributed by atoms with Crippen LogP contribution >= 0.6 is 0 Å². The SMILES string of the molecule is Cc1[nH]c(C(=O)OCC(=O)NCCc2ccc(F)cc2)c(C)c1C(=O)OC(C)C. The molecule has 0 atom stereocenters. The number of amides is 1. The first-order valence-corrected chi connectivity index (χ1v) is 9.27. The van der Waals surface area contributed by atoms with Crippen LogP contribution in [0.25, 0.3) is 0 Å². The maximum atomic E-state index is 12.9. The lowest BCUT2D eigenvalue weighted by Crippen LogP contribution is -2.30. The van der Waals surface area contributed by atoms with Crippen molar-refractivity contribution in [2.45, 2.75) is 40.2 Å². The summed E-state index contributed by atoms with van der Waals surface area (Å²) in [5.41, 5.74) is 2.17. The van der Waals surface area contributed by atoms with Gasteiger partial charge in [-0.3, -0.25) is 4.79 Å². The van der Waals surface area contributed by atoms with E-state index < -0.39 is 24.5 Å². The van der Waals surface area contributed by atoms with Crippen LogP contribution in [0.5, 0.6) is 0 Å². The van der Waals surface area contributed by atoms with E-state index in [1.54, 1.807) is 39.8 Å². The second-order valence-corrected chi connectivity index (χ2v) is 6.88. The largest absolute Gasteiger partial charge is 0.459 e. The predicted molar refractivity (Wildman–Crippen MR) is 104 cm³/mol. The lowest BCUT2D eigenvalue weighted by atomic mass is 10.1. The van der Waals surface area contributed by atoms with E-state index in [-0.39, 0.29) is 23.2 Å². The van der Waals surface area contributed by atoms with E-state index in [4.69, 9.17) is 9.47 Å². The predicted octanol–water partition coefficient (Wildman–Crippen LogP) is 2.85. The number of aromatic nitrogens is 1. The van der Waals surface area contributed by atoms with E-state index in [2.05, 4.69) is 10.3 Å². The second kappa shape index (κ2) is 9.86. The molecule has 156 valence electrons. The van der Waals surface area contributed by atoms with Crippen LogP contribution in [0.1, 0.15) is 51.5 Å². The number of rotatable bonds is 8. The van der Waals surface area contributed by atoms with E-state index in [0.29, 0.717) is 24.2 Å². The smallest absolute Gasteiger partial charge is 0.355 e. The molecule has 1 aromatic heterocycles. The van der Waals surface area contributed by atoms with Crippen LogP contribution in [0, 0.1) is 19.7 Å². The minimum Gasteiger partial charge on any atom is -0.459 e. The van der Waals surface area contributed by atoms with Crippen LogP contribution in [0.3, 0.4) is 0 Å². The van der Waals surface area contributed by atoms with E-state index in [9.17, 15) is 18.8 Å². The first kappa shape index (κ1) is 22.1. The van der Waals surface area contributed by atoms with Crippen molar-refractivity contribution in [3.05, 3.63) is 58.2 Å². The highest BCUT2D eigenvalue weighted by Gasteiger charge is 2.24. The Labute approximate surface area is 168 Å². The fourth-order valence-corrected chi connectivity index (χ4v) is 2.78. The molecule has 0 bridgehead atoms. The number of aryl methyl sites for hydroxylation is 1. The first-order valence-electron chi connectivity index (χ1n) is 9.27. The Morgan fingerprint density at radius 2 is 1.76 bits per heavy atom. The number of carbonyl (C=O) groups is 3. The molecule has 7 nitrogen and oxygen atoms in total. The second-order valence-electron chi connectivity index (χ2n) is 6.88. The molecule has 0 aliphatic heterocycles. The van der Waals surface area contributed by atoms with E-state index in [1.165, 1.54) is 12.1 Å². The number of esters is 2. The van der Waals surface area contributed by atoms with Gasteiger partial charge in [-0.15, -0.1) is 0 Å². The van der Waals surface area contributed by atoms with Crippen molar-refractivity contribution in [1.29, 1.82) is 0 Å². The molecule has 1 aromatic carbocycles. The number of carbonyl (C=O) groups excluding carboxylic acids is 3. The van der Waals surface area contributed by atoms with Gasteiger partial charge in [-0.25, -0.2) is 14.0 Å². The molecule has 0 unspecified atom stereocenters. The minimum absolute atomic E-state index is 0.109. The standard InChI is InChI=1S/C21H25FN2O5/c1-12(2)29-20(26)18-13(3)19(24-14(18)4)21(27)28-11-17(25)23-10-9-15-5-7-16(22)8-6-15/h5-8,12,24H,9-11H2,1-4H3,(H,23,25). The van der Waals surface area contributed by atoms with Crippen molar-refractivity contribution in [3.63, 3.8) is 0 Å². The van der Waals surface area contributed by atoms with Crippen LogP contribution in [-0.2, 0) is 20.7 Å². The molecule has 0 fully saturated rings. The van der Waals surface area contributed by atoms with Gasteiger partial charge in [0.2, 0.25) is 0 Å². The van der Waals surface area contributed by atoms with Crippen molar-refractivity contribution >= 4 is 17.8 Å². The zero-order valence-electron chi connectivity index (χ0n) is 16.9. The summed E-state index contributed by atoms with van der Waals surface area (Å²) in [6.45, 7) is 6.61. The third-order valence-corrected chi connectivity index (χ3v) is 4.17. The van der Waals surface area contributed by atoms with E-state index in [1.807, 2.05) is 0 Å². The molecule has 2 rings (SSSR count). The van der Waals surface area contributed by atoms with Gasteiger partial charge in [0.15, 0.2) is 6.61 Å². The van der Waals surface area contributed by atoms with Gasteiger partial charge in [0.1, 0.15) is 11.5 Å². The van der Waals surface area contributed by atoms with Crippen LogP contribution in [0.4, 0.5) is 4.39 Å². The molecule has 0 radical (unpaired) electrons. The zero-order chi connectivity index (χ0) is 21.6. The van der Waals surface area contributed by atoms with Crippen molar-refractivity contribution in [3.8, 4) is 0 Å². The molecule has 29 heavy (non-hydrogen) atoms. The highest BCUT2D eigenvalue weighted by molar-refractivity contribution is 5.99. The Kier molecular flexibility index (Phi) is 7.52. The van der Waals surface area contributed by atoms with Gasteiger partial charge in [0, 0.05) is 12.2 Å². The number of hydrogen-bond donors (Lipinski definition) is 2. The van der Waals surface area contributed by atoms with Gasteiger partial charge in [-0.2, -0.15) is 0 Å². The number of ether oxygens (including phenoxy) is 2. The van der Waals surface area contributed by atoms with Gasteiger partial charge in [-0.1, -0.05) is 12.1 Å². The Bertz CT molecular complexity index is 887. The van der Waals surface area contributed by atoms with Gasteiger partial charge in [0.05, 0.1) is 11.7 Å². The van der Waals surface area contributed by atoms with Crippen molar-refractivity contribution < 1.29 is 28.2 Å². The maximum absolute atomic E-state index is 12.9. The monoisotopic (exact) mass is 404 g/mol. The summed E-state index contributed by atoms with van der Waals surface area (Å²) < 4.78 is 23.1. The summed E-state index contributed by atoms with van der Waals surface area (Å²) in [5, 5.41) is 2.63. The van der Waals surface area contributed by atoms with Gasteiger partial charge in [-0.05, 0) is 57.4 Å². The number of H-pyrrole nitrogens is 1. The normalized spacial score (nSPS) is 10.7. The highest BCUT2D eigenvalue weighted by Crippen LogP contribution is 2.20. The summed E-state index contributed by atoms with van der Waals surface area (Å²) in [6, 6.07) is 5.98. The molecule has 1 amide bonds. The number of benzene rings is 1. The summed E-state index contributed by atoms with van der Waals surface area (Å²) in [6.07, 6.45) is 0.237. The number of nitrogens with one attached hydrogen (secondary N) is 2. The fraction of sp³-hybridized carbons (Fsp3) is 0.381. The first-order chi connectivity index (χ1) is 13.7. The molecule has 0 aliphatic carbocycles. The summed E-state index contributed by atoms with van der Waals surface area (Å²) >= 11 is 0. The molecule has 0 spiro atoms. The third-order valence-electron chi connectivity index (χ3n) is 4.17. The van der Waals surface area contributed by atoms with Gasteiger partial charge < -0.3 is 19.8 Å². The fourth-order valence-electron chi connectivity index (χ4n) is 2.78. The van der Waals surface area contributed by atoms with Crippen molar-refractivity contribution in [1.82, 2.24) is 10.3 Å². The number of halogens is 1. The molecule has 2 aromatic rings. The molecule has 1 heterocycles. The zero-order valence-corrected chi connectivity index (χ0v) is 16.9. The van der Waals surface area contributed by atoms with Crippen LogP contribution in [-0.4, -0.2) is 42.1 Å². The average Bonchev–Trinajstić information content (AvgIpc) is 2.95. The molecule has 0 aliphatic rings. The molecular weight excluding hydrogens is 379 g/mol. The minimum atomic E-state index is -0.733. The Balaban J connectivity index is 1.86. The third kappa shape index (κ3) is 6.17. The Hall–Kier alpha value is -3.16. The number of aromatic amines is 1. The topological polar surface area (TPSA) is 97.5 Å². The summed E-state index contributed by atoms with van der Waals surface area (Å²) in [5.74, 6) is -2.03. The quantitative estimate of drug-likeness (QED) is 0.660. The number of hydrogen-bond acceptors (Lipinski definition) is 5. The Morgan fingerprint density at radius 1 is 1.10 bits per heavy atom. The van der Waals surface area contributed by atoms with Gasteiger partial charge in [0.25, 0.3) is 5.91 Å². The van der Waals surface area contributed by atoms with Gasteiger partial charge >= 0.3 is 11.9 Å². The lowest BCUT2D eigenvalue weighted by molar-refractivity contribution is -0.124. The van der Waals surface area contributed by atoms with E-state index in [0.717, 1.165) is 5.56 Å². The summed E-state index contributed by atoms with van der Waals surface area (Å²) in [7, 11) is 0. The molecule has 0 saturated carbocycles. The van der Waals surface area contributed by atoms with Crippen molar-refractivity contribution in [2.75, 3.05) is 13.2 Å². The van der Waals surface area contributed by atoms with Crippen LogP contribution in [0.2, 0.25) is 0 Å². The van der Waals surface area contributed by atoms with E-state index >= 15 is 0 Å². The van der Waals surface area contributed by atoms with Crippen LogP contribution < -0.4 is 5.32 Å². The molecule has 0 saturated heterocycles. The molecule has 2 N–H and O–H groups in total. The van der Waals surface area contributed by atoms with Crippen LogP contribution in [0.15, 0.2) is 24.3 Å². The maximum Gasteiger partial charge on any atom is 0.355 e. The molecule has 8 heteroatoms. The highest BCUT2D eigenvalue weighted by atomic mass is 19.1.